The quantitative estimate of drug-likeness (QED) is 0.783. The van der Waals surface area contributed by atoms with Crippen LogP contribution in [0.1, 0.15) is 6.92 Å². The summed E-state index contributed by atoms with van der Waals surface area (Å²) in [6.07, 6.45) is 2.01. The summed E-state index contributed by atoms with van der Waals surface area (Å²) >= 11 is 13.5. The normalized spacial score (nSPS) is 12.1. The van der Waals surface area contributed by atoms with Crippen LogP contribution in [0.3, 0.4) is 0 Å². The van der Waals surface area contributed by atoms with Gasteiger partial charge in [-0.1, -0.05) is 23.2 Å². The third-order valence-electron chi connectivity index (χ3n) is 2.13. The molecule has 1 aromatic carbocycles. The highest BCUT2D eigenvalue weighted by molar-refractivity contribution is 7.07. The number of hydrogen-bond acceptors (Lipinski definition) is 2. The molecule has 2 aromatic rings. The minimum absolute atomic E-state index is 0.573. The second-order valence-corrected chi connectivity index (χ2v) is 4.90. The largest absolute Gasteiger partial charge is 0.324 e. The minimum atomic E-state index is 0.573. The summed E-state index contributed by atoms with van der Waals surface area (Å²) in [6.45, 7) is 2.97. The van der Waals surface area contributed by atoms with Crippen LogP contribution < -0.4 is 4.80 Å². The maximum atomic E-state index is 6.06. The van der Waals surface area contributed by atoms with Gasteiger partial charge < -0.3 is 4.57 Å². The number of nitrogens with zero attached hydrogens (tertiary/aromatic N) is 2. The Morgan fingerprint density at radius 1 is 1.38 bits per heavy atom. The maximum absolute atomic E-state index is 6.06. The van der Waals surface area contributed by atoms with Crippen LogP contribution in [0.4, 0.5) is 5.69 Å². The average Bonchev–Trinajstić information content (AvgIpc) is 2.69. The van der Waals surface area contributed by atoms with Gasteiger partial charge in [0.15, 0.2) is 4.80 Å². The molecule has 0 bridgehead atoms. The van der Waals surface area contributed by atoms with Gasteiger partial charge in [0.1, 0.15) is 0 Å². The number of aryl methyl sites for hydroxylation is 1. The van der Waals surface area contributed by atoms with Crippen LogP contribution in [0.25, 0.3) is 0 Å². The maximum Gasteiger partial charge on any atom is 0.189 e. The van der Waals surface area contributed by atoms with Crippen molar-refractivity contribution < 1.29 is 0 Å². The first-order valence-electron chi connectivity index (χ1n) is 4.84. The Bertz CT molecular complexity index is 557. The summed E-state index contributed by atoms with van der Waals surface area (Å²) in [6, 6.07) is 5.31. The van der Waals surface area contributed by atoms with Gasteiger partial charge in [0.2, 0.25) is 0 Å². The standard InChI is InChI=1S/C11H10Cl2N2S/c1-2-15-5-6-16-11(15)14-10-4-3-8(12)7-9(10)13/h3-7H,2H2,1H3. The lowest BCUT2D eigenvalue weighted by Gasteiger charge is -1.99. The zero-order chi connectivity index (χ0) is 11.5. The van der Waals surface area contributed by atoms with Gasteiger partial charge in [-0.05, 0) is 25.1 Å². The first kappa shape index (κ1) is 11.7. The molecule has 2 rings (SSSR count). The monoisotopic (exact) mass is 272 g/mol. The Morgan fingerprint density at radius 3 is 2.88 bits per heavy atom. The van der Waals surface area contributed by atoms with E-state index >= 15 is 0 Å². The molecule has 5 heteroatoms. The van der Waals surface area contributed by atoms with Crippen LogP contribution in [-0.4, -0.2) is 4.57 Å². The van der Waals surface area contributed by atoms with E-state index in [-0.39, 0.29) is 0 Å². The van der Waals surface area contributed by atoms with E-state index in [2.05, 4.69) is 16.5 Å². The van der Waals surface area contributed by atoms with Gasteiger partial charge in [-0.2, -0.15) is 0 Å². The zero-order valence-electron chi connectivity index (χ0n) is 8.65. The van der Waals surface area contributed by atoms with Crippen molar-refractivity contribution in [3.63, 3.8) is 0 Å². The molecule has 0 aliphatic heterocycles. The van der Waals surface area contributed by atoms with Gasteiger partial charge in [-0.3, -0.25) is 0 Å². The molecule has 0 N–H and O–H groups in total. The summed E-state index contributed by atoms with van der Waals surface area (Å²) in [5.74, 6) is 0. The fourth-order valence-corrected chi connectivity index (χ4v) is 2.56. The molecular weight excluding hydrogens is 263 g/mol. The highest BCUT2D eigenvalue weighted by Gasteiger charge is 2.00. The number of thiazole rings is 1. The number of aromatic nitrogens is 1. The van der Waals surface area contributed by atoms with E-state index in [1.54, 1.807) is 23.5 Å². The molecule has 0 atom stereocenters. The topological polar surface area (TPSA) is 17.3 Å². The lowest BCUT2D eigenvalue weighted by Crippen LogP contribution is -2.11. The van der Waals surface area contributed by atoms with E-state index in [1.807, 2.05) is 17.6 Å². The van der Waals surface area contributed by atoms with Crippen molar-refractivity contribution in [1.29, 1.82) is 0 Å². The first-order valence-corrected chi connectivity index (χ1v) is 6.48. The molecule has 0 fully saturated rings. The van der Waals surface area contributed by atoms with Crippen LogP contribution in [0.15, 0.2) is 34.8 Å². The van der Waals surface area contributed by atoms with Crippen molar-refractivity contribution in [3.8, 4) is 0 Å². The Kier molecular flexibility index (Phi) is 3.69. The highest BCUT2D eigenvalue weighted by atomic mass is 35.5. The number of hydrogen-bond donors (Lipinski definition) is 0. The van der Waals surface area contributed by atoms with E-state index in [0.717, 1.165) is 17.0 Å². The number of halogens is 2. The van der Waals surface area contributed by atoms with Crippen molar-refractivity contribution in [2.24, 2.45) is 4.99 Å². The van der Waals surface area contributed by atoms with Gasteiger partial charge in [0, 0.05) is 23.1 Å². The number of rotatable bonds is 2. The molecule has 0 saturated carbocycles. The summed E-state index contributed by atoms with van der Waals surface area (Å²) < 4.78 is 2.07. The lowest BCUT2D eigenvalue weighted by atomic mass is 10.3. The van der Waals surface area contributed by atoms with E-state index in [4.69, 9.17) is 23.2 Å². The van der Waals surface area contributed by atoms with Gasteiger partial charge >= 0.3 is 0 Å². The third-order valence-corrected chi connectivity index (χ3v) is 3.46. The van der Waals surface area contributed by atoms with Crippen molar-refractivity contribution in [1.82, 2.24) is 4.57 Å². The van der Waals surface area contributed by atoms with E-state index < -0.39 is 0 Å². The Labute approximate surface area is 108 Å². The van der Waals surface area contributed by atoms with E-state index in [1.165, 1.54) is 0 Å². The van der Waals surface area contributed by atoms with Crippen molar-refractivity contribution in [2.45, 2.75) is 13.5 Å². The molecule has 0 spiro atoms. The zero-order valence-corrected chi connectivity index (χ0v) is 11.0. The SMILES string of the molecule is CCn1ccsc1=Nc1ccc(Cl)cc1Cl. The van der Waals surface area contributed by atoms with Crippen LogP contribution in [0.2, 0.25) is 10.0 Å². The van der Waals surface area contributed by atoms with Crippen LogP contribution in [-0.2, 0) is 6.54 Å². The van der Waals surface area contributed by atoms with Crippen LogP contribution in [0, 0.1) is 0 Å². The lowest BCUT2D eigenvalue weighted by molar-refractivity contribution is 0.737. The molecule has 16 heavy (non-hydrogen) atoms. The van der Waals surface area contributed by atoms with Crippen LogP contribution in [0.5, 0.6) is 0 Å². The van der Waals surface area contributed by atoms with Gasteiger partial charge in [0.05, 0.1) is 10.7 Å². The molecule has 84 valence electrons. The molecule has 0 unspecified atom stereocenters. The highest BCUT2D eigenvalue weighted by Crippen LogP contribution is 2.27. The van der Waals surface area contributed by atoms with Gasteiger partial charge in [0.25, 0.3) is 0 Å². The summed E-state index contributed by atoms with van der Waals surface area (Å²) in [4.78, 5) is 5.44. The van der Waals surface area contributed by atoms with E-state index in [0.29, 0.717) is 10.0 Å². The molecule has 1 aromatic heterocycles. The van der Waals surface area contributed by atoms with Crippen LogP contribution >= 0.6 is 34.5 Å². The fraction of sp³-hybridized carbons (Fsp3) is 0.182. The summed E-state index contributed by atoms with van der Waals surface area (Å²) in [5.41, 5.74) is 0.746. The van der Waals surface area contributed by atoms with E-state index in [9.17, 15) is 0 Å². The van der Waals surface area contributed by atoms with Crippen molar-refractivity contribution in [3.05, 3.63) is 44.6 Å². The second-order valence-electron chi connectivity index (χ2n) is 3.18. The Morgan fingerprint density at radius 2 is 2.19 bits per heavy atom. The molecule has 2 nitrogen and oxygen atoms in total. The Hall–Kier alpha value is -0.770. The van der Waals surface area contributed by atoms with Gasteiger partial charge in [-0.25, -0.2) is 4.99 Å². The fourth-order valence-electron chi connectivity index (χ4n) is 1.30. The van der Waals surface area contributed by atoms with Gasteiger partial charge in [-0.15, -0.1) is 11.3 Å². The predicted octanol–water partition coefficient (Wildman–Crippen LogP) is 4.11. The van der Waals surface area contributed by atoms with Crippen molar-refractivity contribution >= 4 is 40.2 Å². The third kappa shape index (κ3) is 2.48. The molecule has 0 saturated heterocycles. The molecule has 0 radical (unpaired) electrons. The molecule has 1 heterocycles. The smallest absolute Gasteiger partial charge is 0.189 e. The minimum Gasteiger partial charge on any atom is -0.324 e. The number of benzene rings is 1. The van der Waals surface area contributed by atoms with Crippen molar-refractivity contribution in [2.75, 3.05) is 0 Å². The first-order chi connectivity index (χ1) is 7.70. The summed E-state index contributed by atoms with van der Waals surface area (Å²) in [7, 11) is 0. The Balaban J connectivity index is 2.50. The summed E-state index contributed by atoms with van der Waals surface area (Å²) in [5, 5.41) is 3.20. The second kappa shape index (κ2) is 5.04. The molecule has 0 aliphatic carbocycles. The molecule has 0 amide bonds. The molecular formula is C11H10Cl2N2S. The predicted molar refractivity (Wildman–Crippen MR) is 69.7 cm³/mol. The average molecular weight is 273 g/mol. The molecule has 0 aliphatic rings.